The monoisotopic (exact) mass is 285 g/mol. The van der Waals surface area contributed by atoms with Gasteiger partial charge in [-0.05, 0) is 57.3 Å². The number of likely N-dealkylation sites (tertiary alicyclic amines) is 1. The van der Waals surface area contributed by atoms with Gasteiger partial charge in [0.25, 0.3) is 0 Å². The standard InChI is InChI=1S/C17H23N3O/c1-11-16(14-5-3-4-6-15(14)19-11)13-7-9-20(10-8-13)12(2)17(18)21/h3-6,12-13,19H,7-10H2,1-2H3,(H2,18,21)/t12-/m0/s1. The van der Waals surface area contributed by atoms with Crippen molar-refractivity contribution in [1.29, 1.82) is 0 Å². The molecule has 1 aromatic heterocycles. The van der Waals surface area contributed by atoms with Gasteiger partial charge in [-0.3, -0.25) is 9.69 Å². The Morgan fingerprint density at radius 1 is 1.33 bits per heavy atom. The topological polar surface area (TPSA) is 62.1 Å². The molecule has 1 aliphatic rings. The minimum atomic E-state index is -0.225. The van der Waals surface area contributed by atoms with Crippen molar-refractivity contribution < 1.29 is 4.79 Å². The summed E-state index contributed by atoms with van der Waals surface area (Å²) in [5.74, 6) is 0.342. The van der Waals surface area contributed by atoms with Gasteiger partial charge in [0.15, 0.2) is 0 Å². The lowest BCUT2D eigenvalue weighted by Crippen LogP contribution is -2.46. The molecule has 0 unspecified atom stereocenters. The summed E-state index contributed by atoms with van der Waals surface area (Å²) in [6, 6.07) is 8.35. The zero-order chi connectivity index (χ0) is 15.0. The molecule has 4 heteroatoms. The first-order chi connectivity index (χ1) is 10.1. The van der Waals surface area contributed by atoms with Crippen LogP contribution in [0.1, 0.15) is 36.9 Å². The van der Waals surface area contributed by atoms with E-state index >= 15 is 0 Å². The number of nitrogens with two attached hydrogens (primary N) is 1. The number of aromatic amines is 1. The molecule has 1 atom stereocenters. The highest BCUT2D eigenvalue weighted by Crippen LogP contribution is 2.35. The Balaban J connectivity index is 1.80. The van der Waals surface area contributed by atoms with Crippen LogP contribution in [0.2, 0.25) is 0 Å². The molecule has 1 aliphatic heterocycles. The number of para-hydroxylation sites is 1. The highest BCUT2D eigenvalue weighted by Gasteiger charge is 2.28. The third-order valence-corrected chi connectivity index (χ3v) is 4.84. The second-order valence-electron chi connectivity index (χ2n) is 6.10. The maximum Gasteiger partial charge on any atom is 0.234 e. The number of hydrogen-bond acceptors (Lipinski definition) is 2. The van der Waals surface area contributed by atoms with Crippen molar-refractivity contribution in [1.82, 2.24) is 9.88 Å². The summed E-state index contributed by atoms with van der Waals surface area (Å²) >= 11 is 0. The summed E-state index contributed by atoms with van der Waals surface area (Å²) < 4.78 is 0. The highest BCUT2D eigenvalue weighted by molar-refractivity contribution is 5.85. The Hall–Kier alpha value is -1.81. The number of nitrogens with zero attached hydrogens (tertiary/aromatic N) is 1. The second-order valence-corrected chi connectivity index (χ2v) is 6.10. The van der Waals surface area contributed by atoms with Crippen LogP contribution in [0.15, 0.2) is 24.3 Å². The number of aromatic nitrogens is 1. The van der Waals surface area contributed by atoms with Gasteiger partial charge in [-0.15, -0.1) is 0 Å². The summed E-state index contributed by atoms with van der Waals surface area (Å²) in [7, 11) is 0. The number of piperidine rings is 1. The van der Waals surface area contributed by atoms with Gasteiger partial charge in [0.1, 0.15) is 0 Å². The third kappa shape index (κ3) is 2.56. The fourth-order valence-electron chi connectivity index (χ4n) is 3.58. The zero-order valence-electron chi connectivity index (χ0n) is 12.7. The normalized spacial score (nSPS) is 19.0. The molecule has 3 N–H and O–H groups in total. The number of fused-ring (bicyclic) bond motifs is 1. The van der Waals surface area contributed by atoms with E-state index in [2.05, 4.69) is 41.1 Å². The predicted octanol–water partition coefficient (Wildman–Crippen LogP) is 2.53. The zero-order valence-corrected chi connectivity index (χ0v) is 12.7. The Kier molecular flexibility index (Phi) is 3.72. The van der Waals surface area contributed by atoms with Gasteiger partial charge in [-0.2, -0.15) is 0 Å². The lowest BCUT2D eigenvalue weighted by atomic mass is 9.87. The largest absolute Gasteiger partial charge is 0.368 e. The average molecular weight is 285 g/mol. The maximum absolute atomic E-state index is 11.3. The van der Waals surface area contributed by atoms with E-state index < -0.39 is 0 Å². The number of H-pyrrole nitrogens is 1. The molecule has 3 rings (SSSR count). The van der Waals surface area contributed by atoms with E-state index in [1.54, 1.807) is 0 Å². The van der Waals surface area contributed by atoms with Crippen molar-refractivity contribution in [3.63, 3.8) is 0 Å². The molecule has 4 nitrogen and oxygen atoms in total. The predicted molar refractivity (Wildman–Crippen MR) is 85.2 cm³/mol. The van der Waals surface area contributed by atoms with Crippen molar-refractivity contribution in [3.05, 3.63) is 35.5 Å². The molecule has 1 amide bonds. The number of amides is 1. The number of benzene rings is 1. The molecule has 2 aromatic rings. The fraction of sp³-hybridized carbons (Fsp3) is 0.471. The van der Waals surface area contributed by atoms with Crippen molar-refractivity contribution in [2.45, 2.75) is 38.6 Å². The number of nitrogens with one attached hydrogen (secondary N) is 1. The van der Waals surface area contributed by atoms with Gasteiger partial charge < -0.3 is 10.7 Å². The molecule has 0 spiro atoms. The van der Waals surface area contributed by atoms with E-state index in [4.69, 9.17) is 5.73 Å². The van der Waals surface area contributed by atoms with Crippen LogP contribution < -0.4 is 5.73 Å². The first-order valence-electron chi connectivity index (χ1n) is 7.68. The molecule has 2 heterocycles. The van der Waals surface area contributed by atoms with Crippen LogP contribution >= 0.6 is 0 Å². The summed E-state index contributed by atoms with van der Waals surface area (Å²) in [6.07, 6.45) is 2.17. The average Bonchev–Trinajstić information content (AvgIpc) is 2.82. The van der Waals surface area contributed by atoms with Crippen LogP contribution in [0, 0.1) is 6.92 Å². The van der Waals surface area contributed by atoms with Gasteiger partial charge in [0, 0.05) is 16.6 Å². The van der Waals surface area contributed by atoms with E-state index in [-0.39, 0.29) is 11.9 Å². The first kappa shape index (κ1) is 14.1. The van der Waals surface area contributed by atoms with Gasteiger partial charge in [-0.25, -0.2) is 0 Å². The van der Waals surface area contributed by atoms with E-state index in [0.717, 1.165) is 25.9 Å². The van der Waals surface area contributed by atoms with Gasteiger partial charge >= 0.3 is 0 Å². The Labute approximate surface area is 125 Å². The lowest BCUT2D eigenvalue weighted by molar-refractivity contribution is -0.123. The van der Waals surface area contributed by atoms with Gasteiger partial charge in [0.05, 0.1) is 6.04 Å². The van der Waals surface area contributed by atoms with E-state index in [9.17, 15) is 4.79 Å². The number of carbonyl (C=O) groups is 1. The Bertz CT molecular complexity index is 653. The smallest absolute Gasteiger partial charge is 0.234 e. The number of carbonyl (C=O) groups excluding carboxylic acids is 1. The van der Waals surface area contributed by atoms with Crippen LogP contribution in [0.3, 0.4) is 0 Å². The van der Waals surface area contributed by atoms with Crippen molar-refractivity contribution in [2.75, 3.05) is 13.1 Å². The first-order valence-corrected chi connectivity index (χ1v) is 7.68. The molecule has 21 heavy (non-hydrogen) atoms. The Morgan fingerprint density at radius 2 is 2.00 bits per heavy atom. The molecular weight excluding hydrogens is 262 g/mol. The molecule has 0 radical (unpaired) electrons. The summed E-state index contributed by atoms with van der Waals surface area (Å²) in [5.41, 5.74) is 9.36. The Morgan fingerprint density at radius 3 is 2.67 bits per heavy atom. The number of rotatable bonds is 3. The number of aryl methyl sites for hydroxylation is 1. The second kappa shape index (κ2) is 5.53. The molecule has 112 valence electrons. The van der Waals surface area contributed by atoms with Gasteiger partial charge in [-0.1, -0.05) is 18.2 Å². The van der Waals surface area contributed by atoms with E-state index in [1.165, 1.54) is 22.2 Å². The minimum Gasteiger partial charge on any atom is -0.368 e. The van der Waals surface area contributed by atoms with Crippen molar-refractivity contribution in [3.8, 4) is 0 Å². The number of hydrogen-bond donors (Lipinski definition) is 2. The fourth-order valence-corrected chi connectivity index (χ4v) is 3.58. The van der Waals surface area contributed by atoms with Crippen molar-refractivity contribution >= 4 is 16.8 Å². The molecule has 0 bridgehead atoms. The molecule has 0 saturated carbocycles. The molecule has 1 fully saturated rings. The molecule has 0 aliphatic carbocycles. The molecule has 1 aromatic carbocycles. The third-order valence-electron chi connectivity index (χ3n) is 4.84. The van der Waals surface area contributed by atoms with Crippen LogP contribution in [-0.2, 0) is 4.79 Å². The quantitative estimate of drug-likeness (QED) is 0.910. The van der Waals surface area contributed by atoms with E-state index in [1.807, 2.05) is 6.92 Å². The summed E-state index contributed by atoms with van der Waals surface area (Å²) in [6.45, 7) is 5.94. The van der Waals surface area contributed by atoms with Crippen LogP contribution in [0.4, 0.5) is 0 Å². The van der Waals surface area contributed by atoms with Crippen LogP contribution in [0.25, 0.3) is 10.9 Å². The minimum absolute atomic E-state index is 0.157. The van der Waals surface area contributed by atoms with Crippen LogP contribution in [0.5, 0.6) is 0 Å². The van der Waals surface area contributed by atoms with Gasteiger partial charge in [0.2, 0.25) is 5.91 Å². The maximum atomic E-state index is 11.3. The summed E-state index contributed by atoms with van der Waals surface area (Å²) in [5, 5.41) is 1.34. The molecule has 1 saturated heterocycles. The van der Waals surface area contributed by atoms with E-state index in [0.29, 0.717) is 5.92 Å². The number of primary amides is 1. The lowest BCUT2D eigenvalue weighted by Gasteiger charge is -2.35. The SMILES string of the molecule is Cc1[nH]c2ccccc2c1C1CCN([C@@H](C)C(N)=O)CC1. The summed E-state index contributed by atoms with van der Waals surface area (Å²) in [4.78, 5) is 17.0. The van der Waals surface area contributed by atoms with Crippen molar-refractivity contribution in [2.24, 2.45) is 5.73 Å². The highest BCUT2D eigenvalue weighted by atomic mass is 16.1. The van der Waals surface area contributed by atoms with Crippen LogP contribution in [-0.4, -0.2) is 34.9 Å². The molecular formula is C17H23N3O.